The topological polar surface area (TPSA) is 37.4 Å². The highest BCUT2D eigenvalue weighted by atomic mass is 32.2. The molecule has 1 aliphatic rings. The molecule has 19 heavy (non-hydrogen) atoms. The molecule has 0 aromatic heterocycles. The third-order valence-electron chi connectivity index (χ3n) is 4.05. The van der Waals surface area contributed by atoms with Crippen LogP contribution in [0.25, 0.3) is 0 Å². The summed E-state index contributed by atoms with van der Waals surface area (Å²) in [6.07, 6.45) is 3.14. The van der Waals surface area contributed by atoms with Crippen molar-refractivity contribution in [2.45, 2.75) is 38.5 Å². The molecule has 1 aromatic rings. The summed E-state index contributed by atoms with van der Waals surface area (Å²) < 4.78 is 23.3. The van der Waals surface area contributed by atoms with Gasteiger partial charge in [-0.25, -0.2) is 8.42 Å². The Hall–Kier alpha value is -0.870. The molecule has 0 bridgehead atoms. The van der Waals surface area contributed by atoms with Crippen LogP contribution < -0.4 is 0 Å². The normalized spacial score (nSPS) is 21.5. The van der Waals surface area contributed by atoms with E-state index >= 15 is 0 Å². The van der Waals surface area contributed by atoms with E-state index in [0.717, 1.165) is 25.9 Å². The summed E-state index contributed by atoms with van der Waals surface area (Å²) in [5.74, 6) is 0. The van der Waals surface area contributed by atoms with Crippen molar-refractivity contribution in [3.8, 4) is 0 Å². The number of likely N-dealkylation sites (tertiary alicyclic amines) is 1. The lowest BCUT2D eigenvalue weighted by Gasteiger charge is -2.31. The van der Waals surface area contributed by atoms with Gasteiger partial charge in [0.2, 0.25) is 0 Å². The molecule has 1 unspecified atom stereocenters. The maximum Gasteiger partial charge on any atom is 0.151 e. The van der Waals surface area contributed by atoms with Crippen molar-refractivity contribution >= 4 is 9.84 Å². The largest absolute Gasteiger partial charge is 0.298 e. The van der Waals surface area contributed by atoms with E-state index in [1.54, 1.807) is 0 Å². The summed E-state index contributed by atoms with van der Waals surface area (Å²) in [5.41, 5.74) is 3.88. The highest BCUT2D eigenvalue weighted by Crippen LogP contribution is 2.19. The average Bonchev–Trinajstić information content (AvgIpc) is 2.33. The number of aryl methyl sites for hydroxylation is 2. The van der Waals surface area contributed by atoms with Gasteiger partial charge in [-0.05, 0) is 49.9 Å². The van der Waals surface area contributed by atoms with E-state index in [1.807, 2.05) is 0 Å². The fourth-order valence-electron chi connectivity index (χ4n) is 2.67. The van der Waals surface area contributed by atoms with Crippen LogP contribution in [0.4, 0.5) is 0 Å². The summed E-state index contributed by atoms with van der Waals surface area (Å²) in [5, 5.41) is -0.187. The standard InChI is InChI=1S/C15H23NO2S/c1-12-6-7-14(9-13(12)2)10-16-8-4-5-15(11-16)19(3,17)18/h6-7,9,15H,4-5,8,10-11H2,1-3H3. The van der Waals surface area contributed by atoms with E-state index in [-0.39, 0.29) is 5.25 Å². The lowest BCUT2D eigenvalue weighted by Crippen LogP contribution is -2.41. The Balaban J connectivity index is 2.04. The minimum Gasteiger partial charge on any atom is -0.298 e. The molecule has 1 aliphatic heterocycles. The first-order valence-electron chi connectivity index (χ1n) is 6.83. The predicted molar refractivity (Wildman–Crippen MR) is 79.1 cm³/mol. The Bertz CT molecular complexity index is 551. The summed E-state index contributed by atoms with van der Waals surface area (Å²) in [6, 6.07) is 6.49. The number of rotatable bonds is 3. The first-order chi connectivity index (χ1) is 8.86. The molecule has 1 heterocycles. The second kappa shape index (κ2) is 5.63. The maximum absolute atomic E-state index is 11.7. The van der Waals surface area contributed by atoms with Gasteiger partial charge in [-0.3, -0.25) is 4.90 Å². The zero-order valence-corrected chi connectivity index (χ0v) is 12.8. The van der Waals surface area contributed by atoms with Crippen LogP contribution in [0.5, 0.6) is 0 Å². The third kappa shape index (κ3) is 3.80. The van der Waals surface area contributed by atoms with Crippen LogP contribution in [0.3, 0.4) is 0 Å². The van der Waals surface area contributed by atoms with E-state index in [1.165, 1.54) is 22.9 Å². The molecule has 106 valence electrons. The van der Waals surface area contributed by atoms with E-state index in [9.17, 15) is 8.42 Å². The SMILES string of the molecule is Cc1ccc(CN2CCCC(S(C)(=O)=O)C2)cc1C. The molecule has 0 N–H and O–H groups in total. The average molecular weight is 281 g/mol. The smallest absolute Gasteiger partial charge is 0.151 e. The van der Waals surface area contributed by atoms with Gasteiger partial charge in [-0.15, -0.1) is 0 Å². The van der Waals surface area contributed by atoms with Crippen LogP contribution in [-0.2, 0) is 16.4 Å². The zero-order chi connectivity index (χ0) is 14.0. The molecule has 1 fully saturated rings. The molecule has 0 saturated carbocycles. The van der Waals surface area contributed by atoms with Crippen molar-refractivity contribution in [2.24, 2.45) is 0 Å². The Kier molecular flexibility index (Phi) is 4.31. The van der Waals surface area contributed by atoms with Gasteiger partial charge in [-0.2, -0.15) is 0 Å². The van der Waals surface area contributed by atoms with Crippen LogP contribution in [0.1, 0.15) is 29.5 Å². The highest BCUT2D eigenvalue weighted by Gasteiger charge is 2.27. The molecule has 1 atom stereocenters. The number of hydrogen-bond acceptors (Lipinski definition) is 3. The lowest BCUT2D eigenvalue weighted by molar-refractivity contribution is 0.222. The first kappa shape index (κ1) is 14.5. The van der Waals surface area contributed by atoms with Crippen LogP contribution in [0, 0.1) is 13.8 Å². The van der Waals surface area contributed by atoms with Crippen molar-refractivity contribution in [1.29, 1.82) is 0 Å². The van der Waals surface area contributed by atoms with Crippen molar-refractivity contribution in [2.75, 3.05) is 19.3 Å². The molecule has 2 rings (SSSR count). The second-order valence-electron chi connectivity index (χ2n) is 5.75. The van der Waals surface area contributed by atoms with Crippen LogP contribution in [0.15, 0.2) is 18.2 Å². The molecule has 0 aliphatic carbocycles. The lowest BCUT2D eigenvalue weighted by atomic mass is 10.0. The van der Waals surface area contributed by atoms with Crippen molar-refractivity contribution in [3.63, 3.8) is 0 Å². The minimum atomic E-state index is -2.91. The molecule has 1 aromatic carbocycles. The van der Waals surface area contributed by atoms with Crippen molar-refractivity contribution in [3.05, 3.63) is 34.9 Å². The van der Waals surface area contributed by atoms with Gasteiger partial charge in [0, 0.05) is 19.3 Å². The van der Waals surface area contributed by atoms with Gasteiger partial charge in [0.15, 0.2) is 9.84 Å². The van der Waals surface area contributed by atoms with Gasteiger partial charge in [-0.1, -0.05) is 18.2 Å². The van der Waals surface area contributed by atoms with Gasteiger partial charge in [0.1, 0.15) is 0 Å². The third-order valence-corrected chi connectivity index (χ3v) is 5.64. The molecule has 0 spiro atoms. The molecular weight excluding hydrogens is 258 g/mol. The van der Waals surface area contributed by atoms with Crippen LogP contribution >= 0.6 is 0 Å². The Morgan fingerprint density at radius 3 is 2.63 bits per heavy atom. The van der Waals surface area contributed by atoms with E-state index in [4.69, 9.17) is 0 Å². The quantitative estimate of drug-likeness (QED) is 0.853. The van der Waals surface area contributed by atoms with Crippen LogP contribution in [0.2, 0.25) is 0 Å². The molecule has 4 heteroatoms. The molecule has 0 amide bonds. The summed E-state index contributed by atoms with van der Waals surface area (Å²) in [7, 11) is -2.91. The Morgan fingerprint density at radius 1 is 1.26 bits per heavy atom. The van der Waals surface area contributed by atoms with E-state index < -0.39 is 9.84 Å². The van der Waals surface area contributed by atoms with E-state index in [0.29, 0.717) is 6.54 Å². The summed E-state index contributed by atoms with van der Waals surface area (Å²) in [4.78, 5) is 2.26. The first-order valence-corrected chi connectivity index (χ1v) is 8.79. The van der Waals surface area contributed by atoms with Gasteiger partial charge in [0.25, 0.3) is 0 Å². The summed E-state index contributed by atoms with van der Waals surface area (Å²) in [6.45, 7) is 6.76. The zero-order valence-electron chi connectivity index (χ0n) is 12.0. The predicted octanol–water partition coefficient (Wildman–Crippen LogP) is 2.31. The molecule has 0 radical (unpaired) electrons. The maximum atomic E-state index is 11.7. The number of nitrogens with zero attached hydrogens (tertiary/aromatic N) is 1. The monoisotopic (exact) mass is 281 g/mol. The van der Waals surface area contributed by atoms with Gasteiger partial charge >= 0.3 is 0 Å². The van der Waals surface area contributed by atoms with Gasteiger partial charge in [0.05, 0.1) is 5.25 Å². The minimum absolute atomic E-state index is 0.187. The number of piperidine rings is 1. The molecule has 3 nitrogen and oxygen atoms in total. The van der Waals surface area contributed by atoms with Crippen molar-refractivity contribution in [1.82, 2.24) is 4.90 Å². The fourth-order valence-corrected chi connectivity index (χ4v) is 3.74. The van der Waals surface area contributed by atoms with Crippen LogP contribution in [-0.4, -0.2) is 37.9 Å². The summed E-state index contributed by atoms with van der Waals surface area (Å²) >= 11 is 0. The molecular formula is C15H23NO2S. The molecule has 1 saturated heterocycles. The van der Waals surface area contributed by atoms with E-state index in [2.05, 4.69) is 36.9 Å². The Labute approximate surface area is 116 Å². The fraction of sp³-hybridized carbons (Fsp3) is 0.600. The highest BCUT2D eigenvalue weighted by molar-refractivity contribution is 7.91. The second-order valence-corrected chi connectivity index (χ2v) is 8.07. The number of hydrogen-bond donors (Lipinski definition) is 0. The number of sulfone groups is 1. The van der Waals surface area contributed by atoms with Crippen molar-refractivity contribution < 1.29 is 8.42 Å². The van der Waals surface area contributed by atoms with Gasteiger partial charge < -0.3 is 0 Å². The Morgan fingerprint density at radius 2 is 2.00 bits per heavy atom. The number of benzene rings is 1.